The van der Waals surface area contributed by atoms with E-state index in [1.165, 1.54) is 0 Å². The lowest BCUT2D eigenvalue weighted by atomic mass is 10.2. The molecule has 0 aromatic carbocycles. The lowest BCUT2D eigenvalue weighted by Gasteiger charge is -2.02. The van der Waals surface area contributed by atoms with Crippen LogP contribution in [0.1, 0.15) is 31.4 Å². The zero-order chi connectivity index (χ0) is 10.9. The molecular formula is C11H16O4. The van der Waals surface area contributed by atoms with Crippen molar-refractivity contribution in [3.8, 4) is 0 Å². The van der Waals surface area contributed by atoms with Crippen molar-refractivity contribution in [2.75, 3.05) is 6.61 Å². The third kappa shape index (κ3) is 5.22. The molecule has 1 aromatic rings. The van der Waals surface area contributed by atoms with Crippen molar-refractivity contribution in [1.82, 2.24) is 0 Å². The zero-order valence-electron chi connectivity index (χ0n) is 8.65. The summed E-state index contributed by atoms with van der Waals surface area (Å²) < 4.78 is 9.99. The molecule has 1 heterocycles. The average molecular weight is 212 g/mol. The van der Waals surface area contributed by atoms with Crippen LogP contribution < -0.4 is 0 Å². The number of hydrogen-bond donors (Lipinski definition) is 1. The minimum atomic E-state index is -0.218. The van der Waals surface area contributed by atoms with Gasteiger partial charge in [-0.3, -0.25) is 4.79 Å². The van der Waals surface area contributed by atoms with E-state index >= 15 is 0 Å². The standard InChI is InChI=1S/C11H16O4/c12-7-3-1-2-6-11(13)15-9-10-5-4-8-14-10/h4-5,8,12H,1-3,6-7,9H2. The lowest BCUT2D eigenvalue weighted by molar-refractivity contribution is -0.145. The van der Waals surface area contributed by atoms with E-state index in [4.69, 9.17) is 14.3 Å². The summed E-state index contributed by atoms with van der Waals surface area (Å²) in [5.41, 5.74) is 0. The van der Waals surface area contributed by atoms with Crippen molar-refractivity contribution in [3.63, 3.8) is 0 Å². The van der Waals surface area contributed by atoms with Crippen LogP contribution in [0.3, 0.4) is 0 Å². The molecule has 84 valence electrons. The van der Waals surface area contributed by atoms with Crippen LogP contribution in [-0.4, -0.2) is 17.7 Å². The summed E-state index contributed by atoms with van der Waals surface area (Å²) in [5, 5.41) is 8.53. The molecule has 0 spiro atoms. The largest absolute Gasteiger partial charge is 0.466 e. The van der Waals surface area contributed by atoms with Crippen LogP contribution in [0.4, 0.5) is 0 Å². The van der Waals surface area contributed by atoms with E-state index in [-0.39, 0.29) is 19.2 Å². The molecule has 0 unspecified atom stereocenters. The number of unbranched alkanes of at least 4 members (excludes halogenated alkanes) is 2. The van der Waals surface area contributed by atoms with E-state index in [1.807, 2.05) is 0 Å². The van der Waals surface area contributed by atoms with E-state index in [0.29, 0.717) is 12.2 Å². The van der Waals surface area contributed by atoms with Gasteiger partial charge in [0.25, 0.3) is 0 Å². The molecule has 0 amide bonds. The molecule has 0 aliphatic carbocycles. The summed E-state index contributed by atoms with van der Waals surface area (Å²) in [6.07, 6.45) is 4.31. The summed E-state index contributed by atoms with van der Waals surface area (Å²) in [7, 11) is 0. The third-order valence-corrected chi connectivity index (χ3v) is 1.99. The van der Waals surface area contributed by atoms with Crippen molar-refractivity contribution in [2.45, 2.75) is 32.3 Å². The number of rotatable bonds is 7. The predicted octanol–water partition coefficient (Wildman–Crippen LogP) is 1.88. The molecule has 0 atom stereocenters. The molecule has 1 N–H and O–H groups in total. The van der Waals surface area contributed by atoms with Gasteiger partial charge >= 0.3 is 5.97 Å². The Morgan fingerprint density at radius 2 is 2.27 bits per heavy atom. The highest BCUT2D eigenvalue weighted by Gasteiger charge is 2.04. The number of aliphatic hydroxyl groups excluding tert-OH is 1. The fourth-order valence-electron chi connectivity index (χ4n) is 1.18. The van der Waals surface area contributed by atoms with Crippen LogP contribution in [0.15, 0.2) is 22.8 Å². The topological polar surface area (TPSA) is 59.7 Å². The maximum absolute atomic E-state index is 11.2. The Morgan fingerprint density at radius 3 is 2.93 bits per heavy atom. The molecule has 0 bridgehead atoms. The molecular weight excluding hydrogens is 196 g/mol. The number of carbonyl (C=O) groups excluding carboxylic acids is 1. The second kappa shape index (κ2) is 7.06. The Bertz CT molecular complexity index is 266. The highest BCUT2D eigenvalue weighted by Crippen LogP contribution is 2.05. The van der Waals surface area contributed by atoms with E-state index in [2.05, 4.69) is 0 Å². The number of ether oxygens (including phenoxy) is 1. The molecule has 0 aliphatic rings. The van der Waals surface area contributed by atoms with Crippen molar-refractivity contribution in [1.29, 1.82) is 0 Å². The normalized spacial score (nSPS) is 10.2. The zero-order valence-corrected chi connectivity index (χ0v) is 8.65. The van der Waals surface area contributed by atoms with Gasteiger partial charge in [-0.25, -0.2) is 0 Å². The molecule has 15 heavy (non-hydrogen) atoms. The van der Waals surface area contributed by atoms with Gasteiger partial charge in [0.2, 0.25) is 0 Å². The monoisotopic (exact) mass is 212 g/mol. The summed E-state index contributed by atoms with van der Waals surface area (Å²) in [6.45, 7) is 0.382. The second-order valence-electron chi connectivity index (χ2n) is 3.27. The first-order valence-electron chi connectivity index (χ1n) is 5.12. The van der Waals surface area contributed by atoms with Gasteiger partial charge in [-0.15, -0.1) is 0 Å². The maximum Gasteiger partial charge on any atom is 0.306 e. The van der Waals surface area contributed by atoms with Crippen molar-refractivity contribution >= 4 is 5.97 Å². The van der Waals surface area contributed by atoms with Crippen LogP contribution in [0.5, 0.6) is 0 Å². The molecule has 4 nitrogen and oxygen atoms in total. The minimum absolute atomic E-state index is 0.182. The molecule has 0 saturated heterocycles. The highest BCUT2D eigenvalue weighted by atomic mass is 16.5. The van der Waals surface area contributed by atoms with Gasteiger partial charge in [0, 0.05) is 13.0 Å². The van der Waals surface area contributed by atoms with Gasteiger partial charge in [0.15, 0.2) is 0 Å². The average Bonchev–Trinajstić information content (AvgIpc) is 2.74. The number of carbonyl (C=O) groups is 1. The Labute approximate surface area is 88.8 Å². The SMILES string of the molecule is O=C(CCCCCO)OCc1ccco1. The van der Waals surface area contributed by atoms with Gasteiger partial charge in [-0.1, -0.05) is 6.42 Å². The van der Waals surface area contributed by atoms with Gasteiger partial charge in [-0.05, 0) is 25.0 Å². The minimum Gasteiger partial charge on any atom is -0.466 e. The Kier molecular flexibility index (Phi) is 5.55. The summed E-state index contributed by atoms with van der Waals surface area (Å²) >= 11 is 0. The smallest absolute Gasteiger partial charge is 0.306 e. The fraction of sp³-hybridized carbons (Fsp3) is 0.545. The van der Waals surface area contributed by atoms with Crippen molar-refractivity contribution < 1.29 is 19.1 Å². The molecule has 1 aromatic heterocycles. The highest BCUT2D eigenvalue weighted by molar-refractivity contribution is 5.69. The molecule has 0 fully saturated rings. The first-order valence-corrected chi connectivity index (χ1v) is 5.12. The van der Waals surface area contributed by atoms with Crippen LogP contribution in [-0.2, 0) is 16.1 Å². The third-order valence-electron chi connectivity index (χ3n) is 1.99. The quantitative estimate of drug-likeness (QED) is 0.553. The van der Waals surface area contributed by atoms with E-state index < -0.39 is 0 Å². The van der Waals surface area contributed by atoms with Crippen molar-refractivity contribution in [2.24, 2.45) is 0 Å². The lowest BCUT2D eigenvalue weighted by Crippen LogP contribution is -2.03. The van der Waals surface area contributed by atoms with Crippen molar-refractivity contribution in [3.05, 3.63) is 24.2 Å². The number of aliphatic hydroxyl groups is 1. The van der Waals surface area contributed by atoms with E-state index in [1.54, 1.807) is 18.4 Å². The summed E-state index contributed by atoms with van der Waals surface area (Å²) in [6, 6.07) is 3.52. The summed E-state index contributed by atoms with van der Waals surface area (Å²) in [4.78, 5) is 11.2. The number of esters is 1. The van der Waals surface area contributed by atoms with E-state index in [0.717, 1.165) is 19.3 Å². The van der Waals surface area contributed by atoms with Crippen LogP contribution in [0, 0.1) is 0 Å². The number of furan rings is 1. The Hall–Kier alpha value is -1.29. The predicted molar refractivity (Wildman–Crippen MR) is 54.1 cm³/mol. The molecule has 0 saturated carbocycles. The van der Waals surface area contributed by atoms with Gasteiger partial charge in [0.1, 0.15) is 12.4 Å². The van der Waals surface area contributed by atoms with Gasteiger partial charge in [0.05, 0.1) is 6.26 Å². The van der Waals surface area contributed by atoms with Gasteiger partial charge < -0.3 is 14.3 Å². The molecule has 0 aliphatic heterocycles. The molecule has 4 heteroatoms. The summed E-state index contributed by atoms with van der Waals surface area (Å²) in [5.74, 6) is 0.433. The maximum atomic E-state index is 11.2. The first kappa shape index (κ1) is 11.8. The first-order chi connectivity index (χ1) is 7.33. The molecule has 1 rings (SSSR count). The van der Waals surface area contributed by atoms with Gasteiger partial charge in [-0.2, -0.15) is 0 Å². The van der Waals surface area contributed by atoms with E-state index in [9.17, 15) is 4.79 Å². The fourth-order valence-corrected chi connectivity index (χ4v) is 1.18. The van der Waals surface area contributed by atoms with Crippen LogP contribution in [0.2, 0.25) is 0 Å². The second-order valence-corrected chi connectivity index (χ2v) is 3.27. The van der Waals surface area contributed by atoms with Crippen LogP contribution >= 0.6 is 0 Å². The number of hydrogen-bond acceptors (Lipinski definition) is 4. The molecule has 0 radical (unpaired) electrons. The Morgan fingerprint density at radius 1 is 1.40 bits per heavy atom. The van der Waals surface area contributed by atoms with Crippen LogP contribution in [0.25, 0.3) is 0 Å². The Balaban J connectivity index is 2.04.